The fraction of sp³-hybridized carbons (Fsp3) is 0.765. The third-order valence-corrected chi connectivity index (χ3v) is 3.12. The lowest BCUT2D eigenvalue weighted by Crippen LogP contribution is -2.12. The molecule has 0 rings (SSSR count). The Kier molecular flexibility index (Phi) is 14.0. The number of hydrogen-bond acceptors (Lipinski definition) is 1. The van der Waals surface area contributed by atoms with Crippen LogP contribution < -0.4 is 0 Å². The maximum atomic E-state index is 5.95. The minimum absolute atomic E-state index is 0.369. The molecule has 1 nitrogen and oxygen atoms in total. The number of allylic oxidation sites excluding steroid dienone is 2. The monoisotopic (exact) mass is 252 g/mol. The first-order valence-corrected chi connectivity index (χ1v) is 7.69. The largest absolute Gasteiger partial charge is 0.378 e. The molecule has 0 bridgehead atoms. The van der Waals surface area contributed by atoms with Gasteiger partial charge in [0.05, 0.1) is 6.10 Å². The first kappa shape index (κ1) is 17.4. The minimum Gasteiger partial charge on any atom is -0.378 e. The van der Waals surface area contributed by atoms with E-state index in [0.717, 1.165) is 19.4 Å². The molecule has 0 atom stereocenters. The van der Waals surface area contributed by atoms with Crippen molar-refractivity contribution >= 4 is 0 Å². The second kappa shape index (κ2) is 14.5. The van der Waals surface area contributed by atoms with Crippen molar-refractivity contribution in [2.45, 2.75) is 78.2 Å². The quantitative estimate of drug-likeness (QED) is 0.321. The average Bonchev–Trinajstić information content (AvgIpc) is 2.40. The first-order valence-electron chi connectivity index (χ1n) is 7.69. The predicted molar refractivity (Wildman–Crippen MR) is 82.0 cm³/mol. The van der Waals surface area contributed by atoms with E-state index in [2.05, 4.69) is 45.1 Å². The van der Waals surface area contributed by atoms with Crippen molar-refractivity contribution in [3.8, 4) is 0 Å². The highest BCUT2D eigenvalue weighted by Crippen LogP contribution is 2.09. The summed E-state index contributed by atoms with van der Waals surface area (Å²) < 4.78 is 5.95. The molecule has 0 aliphatic carbocycles. The summed E-state index contributed by atoms with van der Waals surface area (Å²) in [5.74, 6) is 0. The molecule has 0 aromatic heterocycles. The van der Waals surface area contributed by atoms with Crippen molar-refractivity contribution in [3.05, 3.63) is 24.3 Å². The molecule has 106 valence electrons. The van der Waals surface area contributed by atoms with E-state index in [1.807, 2.05) is 0 Å². The highest BCUT2D eigenvalue weighted by molar-refractivity contribution is 4.86. The second-order valence-electron chi connectivity index (χ2n) is 4.87. The fourth-order valence-corrected chi connectivity index (χ4v) is 1.94. The lowest BCUT2D eigenvalue weighted by Gasteiger charge is -2.14. The maximum Gasteiger partial charge on any atom is 0.0643 e. The number of unbranched alkanes of at least 4 members (excludes halogenated alkanes) is 5. The van der Waals surface area contributed by atoms with E-state index in [1.54, 1.807) is 0 Å². The van der Waals surface area contributed by atoms with E-state index in [4.69, 9.17) is 4.74 Å². The molecule has 0 aromatic rings. The van der Waals surface area contributed by atoms with Crippen molar-refractivity contribution in [3.63, 3.8) is 0 Å². The van der Waals surface area contributed by atoms with Crippen LogP contribution in [0, 0.1) is 0 Å². The molecule has 18 heavy (non-hydrogen) atoms. The number of hydrogen-bond donors (Lipinski definition) is 0. The van der Waals surface area contributed by atoms with Crippen molar-refractivity contribution in [2.24, 2.45) is 0 Å². The highest BCUT2D eigenvalue weighted by Gasteiger charge is 2.04. The standard InChI is InChI=1S/C17H32O/c1-4-7-10-11-12-13-16-18-17(14-8-5-2)15-9-6-3/h5-6,8-9,17H,4,7,10-16H2,1-3H3. The summed E-state index contributed by atoms with van der Waals surface area (Å²) in [6, 6.07) is 0. The van der Waals surface area contributed by atoms with Crippen LogP contribution in [-0.4, -0.2) is 12.7 Å². The van der Waals surface area contributed by atoms with Gasteiger partial charge in [0.2, 0.25) is 0 Å². The molecule has 0 fully saturated rings. The summed E-state index contributed by atoms with van der Waals surface area (Å²) in [4.78, 5) is 0. The van der Waals surface area contributed by atoms with Crippen LogP contribution in [0.1, 0.15) is 72.1 Å². The van der Waals surface area contributed by atoms with Gasteiger partial charge in [0.25, 0.3) is 0 Å². The molecule has 0 unspecified atom stereocenters. The zero-order valence-electron chi connectivity index (χ0n) is 12.7. The van der Waals surface area contributed by atoms with Crippen LogP contribution in [0.3, 0.4) is 0 Å². The van der Waals surface area contributed by atoms with Crippen LogP contribution >= 0.6 is 0 Å². The van der Waals surface area contributed by atoms with Crippen molar-refractivity contribution < 1.29 is 4.74 Å². The topological polar surface area (TPSA) is 9.23 Å². The van der Waals surface area contributed by atoms with Gasteiger partial charge < -0.3 is 4.74 Å². The van der Waals surface area contributed by atoms with Crippen LogP contribution in [0.5, 0.6) is 0 Å². The van der Waals surface area contributed by atoms with E-state index in [-0.39, 0.29) is 0 Å². The van der Waals surface area contributed by atoms with Gasteiger partial charge in [0.1, 0.15) is 0 Å². The van der Waals surface area contributed by atoms with Crippen LogP contribution in [0.2, 0.25) is 0 Å². The first-order chi connectivity index (χ1) is 8.85. The molecular formula is C17H32O. The van der Waals surface area contributed by atoms with E-state index in [0.29, 0.717) is 6.10 Å². The Balaban J connectivity index is 3.55. The summed E-state index contributed by atoms with van der Waals surface area (Å²) in [5.41, 5.74) is 0. The molecular weight excluding hydrogens is 220 g/mol. The SMILES string of the molecule is CC=CCC(CC=CC)OCCCCCCCC. The van der Waals surface area contributed by atoms with Crippen LogP contribution in [-0.2, 0) is 4.74 Å². The molecule has 0 saturated heterocycles. The van der Waals surface area contributed by atoms with Crippen LogP contribution in [0.4, 0.5) is 0 Å². The summed E-state index contributed by atoms with van der Waals surface area (Å²) >= 11 is 0. The van der Waals surface area contributed by atoms with Gasteiger partial charge in [0.15, 0.2) is 0 Å². The maximum absolute atomic E-state index is 5.95. The van der Waals surface area contributed by atoms with Crippen molar-refractivity contribution in [2.75, 3.05) is 6.61 Å². The molecule has 0 radical (unpaired) electrons. The smallest absolute Gasteiger partial charge is 0.0643 e. The van der Waals surface area contributed by atoms with Gasteiger partial charge in [-0.3, -0.25) is 0 Å². The van der Waals surface area contributed by atoms with E-state index >= 15 is 0 Å². The lowest BCUT2D eigenvalue weighted by atomic mass is 10.1. The molecule has 1 heteroatoms. The molecule has 0 N–H and O–H groups in total. The number of ether oxygens (including phenoxy) is 1. The van der Waals surface area contributed by atoms with Gasteiger partial charge in [-0.05, 0) is 33.1 Å². The van der Waals surface area contributed by atoms with Gasteiger partial charge >= 0.3 is 0 Å². The molecule has 0 spiro atoms. The Labute approximate surface area is 114 Å². The fourth-order valence-electron chi connectivity index (χ4n) is 1.94. The van der Waals surface area contributed by atoms with E-state index in [1.165, 1.54) is 38.5 Å². The Hall–Kier alpha value is -0.560. The van der Waals surface area contributed by atoms with Crippen LogP contribution in [0.25, 0.3) is 0 Å². The highest BCUT2D eigenvalue weighted by atomic mass is 16.5. The summed E-state index contributed by atoms with van der Waals surface area (Å²) in [7, 11) is 0. The third kappa shape index (κ3) is 11.9. The zero-order chi connectivity index (χ0) is 13.5. The van der Waals surface area contributed by atoms with Crippen molar-refractivity contribution in [1.82, 2.24) is 0 Å². The van der Waals surface area contributed by atoms with Crippen LogP contribution in [0.15, 0.2) is 24.3 Å². The Morgan fingerprint density at radius 3 is 1.94 bits per heavy atom. The summed E-state index contributed by atoms with van der Waals surface area (Å²) in [6.45, 7) is 7.32. The molecule has 0 heterocycles. The third-order valence-electron chi connectivity index (χ3n) is 3.12. The average molecular weight is 252 g/mol. The van der Waals surface area contributed by atoms with Gasteiger partial charge in [-0.25, -0.2) is 0 Å². The Bertz CT molecular complexity index is 192. The number of rotatable bonds is 12. The van der Waals surface area contributed by atoms with E-state index in [9.17, 15) is 0 Å². The summed E-state index contributed by atoms with van der Waals surface area (Å²) in [6.07, 6.45) is 19.1. The lowest BCUT2D eigenvalue weighted by molar-refractivity contribution is 0.0546. The zero-order valence-corrected chi connectivity index (χ0v) is 12.7. The predicted octanol–water partition coefficient (Wildman–Crippen LogP) is 5.66. The Morgan fingerprint density at radius 2 is 1.39 bits per heavy atom. The molecule has 0 amide bonds. The van der Waals surface area contributed by atoms with E-state index < -0.39 is 0 Å². The van der Waals surface area contributed by atoms with Gasteiger partial charge in [-0.2, -0.15) is 0 Å². The molecule has 0 saturated carbocycles. The van der Waals surface area contributed by atoms with Gasteiger partial charge in [-0.1, -0.05) is 63.3 Å². The second-order valence-corrected chi connectivity index (χ2v) is 4.87. The van der Waals surface area contributed by atoms with Crippen molar-refractivity contribution in [1.29, 1.82) is 0 Å². The van der Waals surface area contributed by atoms with Gasteiger partial charge in [0, 0.05) is 6.61 Å². The molecule has 0 aromatic carbocycles. The minimum atomic E-state index is 0.369. The Morgan fingerprint density at radius 1 is 0.833 bits per heavy atom. The normalized spacial score (nSPS) is 13.7. The molecule has 0 aliphatic heterocycles. The molecule has 0 aliphatic rings. The summed E-state index contributed by atoms with van der Waals surface area (Å²) in [5, 5.41) is 0. The van der Waals surface area contributed by atoms with Gasteiger partial charge in [-0.15, -0.1) is 0 Å².